The molecule has 0 saturated heterocycles. The van der Waals surface area contributed by atoms with Gasteiger partial charge in [0.25, 0.3) is 5.91 Å². The van der Waals surface area contributed by atoms with Crippen LogP contribution in [0.25, 0.3) is 11.4 Å². The van der Waals surface area contributed by atoms with Crippen LogP contribution in [-0.4, -0.2) is 28.1 Å². The summed E-state index contributed by atoms with van der Waals surface area (Å²) < 4.78 is 16.8. The number of methoxy groups -OCH3 is 1. The molecule has 0 spiro atoms. The lowest BCUT2D eigenvalue weighted by molar-refractivity contribution is 0.0913. The lowest BCUT2D eigenvalue weighted by atomic mass is 10.0. The second kappa shape index (κ2) is 10.6. The van der Waals surface area contributed by atoms with Gasteiger partial charge in [0.2, 0.25) is 11.7 Å². The zero-order chi connectivity index (χ0) is 23.9. The van der Waals surface area contributed by atoms with Gasteiger partial charge in [0.15, 0.2) is 11.5 Å². The summed E-state index contributed by atoms with van der Waals surface area (Å²) in [5.74, 6) is 1.55. The van der Waals surface area contributed by atoms with Gasteiger partial charge < -0.3 is 19.3 Å². The zero-order valence-electron chi connectivity index (χ0n) is 19.3. The number of pyridine rings is 1. The number of benzene rings is 2. The van der Waals surface area contributed by atoms with Gasteiger partial charge >= 0.3 is 0 Å². The van der Waals surface area contributed by atoms with Crippen LogP contribution < -0.4 is 14.8 Å². The number of nitrogens with zero attached hydrogens (tertiary/aromatic N) is 3. The van der Waals surface area contributed by atoms with Gasteiger partial charge in [-0.05, 0) is 41.8 Å². The van der Waals surface area contributed by atoms with Crippen LogP contribution in [0.2, 0.25) is 0 Å². The monoisotopic (exact) mass is 458 g/mol. The van der Waals surface area contributed by atoms with Crippen molar-refractivity contribution in [3.05, 3.63) is 90.1 Å². The summed E-state index contributed by atoms with van der Waals surface area (Å²) >= 11 is 0. The minimum atomic E-state index is -0.462. The molecule has 1 amide bonds. The van der Waals surface area contributed by atoms with Crippen LogP contribution in [0.5, 0.6) is 11.5 Å². The highest BCUT2D eigenvalue weighted by atomic mass is 16.5. The average Bonchev–Trinajstić information content (AvgIpc) is 3.36. The fourth-order valence-electron chi connectivity index (χ4n) is 3.38. The van der Waals surface area contributed by atoms with E-state index < -0.39 is 6.04 Å². The second-order valence-corrected chi connectivity index (χ2v) is 8.03. The van der Waals surface area contributed by atoms with E-state index in [4.69, 9.17) is 14.0 Å². The van der Waals surface area contributed by atoms with Crippen molar-refractivity contribution in [1.82, 2.24) is 20.4 Å². The normalized spacial score (nSPS) is 11.8. The van der Waals surface area contributed by atoms with E-state index in [2.05, 4.69) is 20.4 Å². The number of hydrogen-bond donors (Lipinski definition) is 1. The summed E-state index contributed by atoms with van der Waals surface area (Å²) in [6, 6.07) is 18.1. The van der Waals surface area contributed by atoms with Crippen LogP contribution in [0.15, 0.2) is 77.6 Å². The smallest absolute Gasteiger partial charge is 0.252 e. The molecule has 4 aromatic rings. The van der Waals surface area contributed by atoms with Crippen molar-refractivity contribution >= 4 is 5.91 Å². The van der Waals surface area contributed by atoms with Gasteiger partial charge in [-0.2, -0.15) is 4.98 Å². The van der Waals surface area contributed by atoms with Gasteiger partial charge in [-0.3, -0.25) is 9.78 Å². The number of aromatic nitrogens is 3. The molecule has 1 atom stereocenters. The summed E-state index contributed by atoms with van der Waals surface area (Å²) in [6.07, 6.45) is 3.32. The number of hydrogen-bond acceptors (Lipinski definition) is 7. The largest absolute Gasteiger partial charge is 0.493 e. The summed E-state index contributed by atoms with van der Waals surface area (Å²) in [6.45, 7) is 4.35. The molecule has 4 rings (SSSR count). The highest BCUT2D eigenvalue weighted by molar-refractivity contribution is 5.95. The van der Waals surface area contributed by atoms with E-state index in [9.17, 15) is 4.79 Å². The van der Waals surface area contributed by atoms with Crippen molar-refractivity contribution in [1.29, 1.82) is 0 Å². The first kappa shape index (κ1) is 23.0. The molecule has 8 heteroatoms. The number of carbonyl (C=O) groups excluding carboxylic acids is 1. The molecule has 1 unspecified atom stereocenters. The van der Waals surface area contributed by atoms with E-state index in [1.54, 1.807) is 49.8 Å². The van der Waals surface area contributed by atoms with Crippen molar-refractivity contribution in [3.63, 3.8) is 0 Å². The van der Waals surface area contributed by atoms with Gasteiger partial charge in [0, 0.05) is 23.5 Å². The Kier molecular flexibility index (Phi) is 7.17. The van der Waals surface area contributed by atoms with E-state index in [1.807, 2.05) is 44.2 Å². The van der Waals surface area contributed by atoms with Crippen molar-refractivity contribution < 1.29 is 18.8 Å². The molecule has 2 aromatic carbocycles. The van der Waals surface area contributed by atoms with E-state index in [1.165, 1.54) is 0 Å². The first-order valence-corrected chi connectivity index (χ1v) is 10.9. The van der Waals surface area contributed by atoms with Crippen LogP contribution in [-0.2, 0) is 6.61 Å². The van der Waals surface area contributed by atoms with Crippen LogP contribution in [0.4, 0.5) is 0 Å². The Hall–Kier alpha value is -4.20. The Morgan fingerprint density at radius 1 is 1.03 bits per heavy atom. The maximum absolute atomic E-state index is 13.1. The third-order valence-electron chi connectivity index (χ3n) is 5.26. The van der Waals surface area contributed by atoms with E-state index in [-0.39, 0.29) is 11.8 Å². The molecule has 174 valence electrons. The number of ether oxygens (including phenoxy) is 2. The summed E-state index contributed by atoms with van der Waals surface area (Å²) in [7, 11) is 1.54. The maximum Gasteiger partial charge on any atom is 0.252 e. The molecular weight excluding hydrogens is 432 g/mol. The topological polar surface area (TPSA) is 99.4 Å². The molecule has 8 nitrogen and oxygen atoms in total. The molecule has 2 heterocycles. The molecule has 0 saturated carbocycles. The van der Waals surface area contributed by atoms with E-state index >= 15 is 0 Å². The molecule has 0 aliphatic heterocycles. The van der Waals surface area contributed by atoms with E-state index in [0.717, 1.165) is 11.1 Å². The molecule has 2 aromatic heterocycles. The molecule has 34 heavy (non-hydrogen) atoms. The summed E-state index contributed by atoms with van der Waals surface area (Å²) in [5.41, 5.74) is 2.26. The number of rotatable bonds is 9. The lowest BCUT2D eigenvalue weighted by Gasteiger charge is -2.19. The first-order chi connectivity index (χ1) is 16.5. The fraction of sp³-hybridized carbons (Fsp3) is 0.231. The average molecular weight is 459 g/mol. The molecule has 0 aliphatic carbocycles. The van der Waals surface area contributed by atoms with Gasteiger partial charge in [-0.25, -0.2) is 0 Å². The lowest BCUT2D eigenvalue weighted by Crippen LogP contribution is -2.32. The van der Waals surface area contributed by atoms with Crippen molar-refractivity contribution in [2.75, 3.05) is 7.11 Å². The molecule has 1 N–H and O–H groups in total. The highest BCUT2D eigenvalue weighted by Gasteiger charge is 2.26. The predicted molar refractivity (Wildman–Crippen MR) is 126 cm³/mol. The Balaban J connectivity index is 1.48. The molecule has 0 fully saturated rings. The fourth-order valence-corrected chi connectivity index (χ4v) is 3.38. The van der Waals surface area contributed by atoms with E-state index in [0.29, 0.717) is 35.4 Å². The van der Waals surface area contributed by atoms with Gasteiger partial charge in [0.1, 0.15) is 12.6 Å². The molecule has 0 radical (unpaired) electrons. The third-order valence-corrected chi connectivity index (χ3v) is 5.26. The first-order valence-electron chi connectivity index (χ1n) is 10.9. The maximum atomic E-state index is 13.1. The van der Waals surface area contributed by atoms with Gasteiger partial charge in [-0.15, -0.1) is 0 Å². The summed E-state index contributed by atoms with van der Waals surface area (Å²) in [5, 5.41) is 7.05. The minimum absolute atomic E-state index is 0.0186. The molecule has 0 aliphatic rings. The highest BCUT2D eigenvalue weighted by Crippen LogP contribution is 2.30. The van der Waals surface area contributed by atoms with Crippen molar-refractivity contribution in [3.8, 4) is 22.9 Å². The van der Waals surface area contributed by atoms with Crippen LogP contribution in [0.1, 0.15) is 41.7 Å². The standard InChI is InChI=1S/C26H26N4O4/c1-17(2)23(26-29-24(30-34-26)19-11-13-27-14-12-19)28-25(31)20-9-10-21(22(15-20)32-3)33-16-18-7-5-4-6-8-18/h4-15,17,23H,16H2,1-3H3,(H,28,31). The third kappa shape index (κ3) is 5.40. The van der Waals surface area contributed by atoms with Crippen molar-refractivity contribution in [2.24, 2.45) is 5.92 Å². The van der Waals surface area contributed by atoms with Crippen molar-refractivity contribution in [2.45, 2.75) is 26.5 Å². The number of nitrogens with one attached hydrogen (secondary N) is 1. The Bertz CT molecular complexity index is 1230. The SMILES string of the molecule is COc1cc(C(=O)NC(c2nc(-c3ccncc3)no2)C(C)C)ccc1OCc1ccccc1. The zero-order valence-corrected chi connectivity index (χ0v) is 19.3. The molecular formula is C26H26N4O4. The number of carbonyl (C=O) groups is 1. The van der Waals surface area contributed by atoms with Crippen LogP contribution in [0, 0.1) is 5.92 Å². The quantitative estimate of drug-likeness (QED) is 0.383. The van der Waals surface area contributed by atoms with Gasteiger partial charge in [0.05, 0.1) is 7.11 Å². The predicted octanol–water partition coefficient (Wildman–Crippen LogP) is 4.85. The minimum Gasteiger partial charge on any atom is -0.493 e. The van der Waals surface area contributed by atoms with Crippen LogP contribution in [0.3, 0.4) is 0 Å². The Morgan fingerprint density at radius 2 is 1.79 bits per heavy atom. The second-order valence-electron chi connectivity index (χ2n) is 8.03. The van der Waals surface area contributed by atoms with Crippen LogP contribution >= 0.6 is 0 Å². The Morgan fingerprint density at radius 3 is 2.50 bits per heavy atom. The van der Waals surface area contributed by atoms with Gasteiger partial charge in [-0.1, -0.05) is 49.3 Å². The summed E-state index contributed by atoms with van der Waals surface area (Å²) in [4.78, 5) is 21.5. The molecule has 0 bridgehead atoms. The Labute approximate surface area is 198 Å². The number of amides is 1.